The van der Waals surface area contributed by atoms with Crippen LogP contribution in [0.2, 0.25) is 0 Å². The molecule has 0 aliphatic carbocycles. The van der Waals surface area contributed by atoms with Crippen LogP contribution in [0.4, 0.5) is 0 Å². The maximum absolute atomic E-state index is 12.4. The second-order valence-electron chi connectivity index (χ2n) is 5.33. The summed E-state index contributed by atoms with van der Waals surface area (Å²) in [7, 11) is 1.58. The lowest BCUT2D eigenvalue weighted by atomic mass is 10.1. The Morgan fingerprint density at radius 2 is 1.96 bits per heavy atom. The van der Waals surface area contributed by atoms with Crippen LogP contribution in [0, 0.1) is 22.7 Å². The Bertz CT molecular complexity index is 925. The van der Waals surface area contributed by atoms with Crippen LogP contribution in [-0.4, -0.2) is 19.6 Å². The number of carbonyl (C=O) groups excluding carboxylic acids is 1. The van der Waals surface area contributed by atoms with Crippen LogP contribution in [0.25, 0.3) is 6.08 Å². The van der Waals surface area contributed by atoms with E-state index in [4.69, 9.17) is 14.7 Å². The molecule has 27 heavy (non-hydrogen) atoms. The van der Waals surface area contributed by atoms with E-state index in [-0.39, 0.29) is 18.7 Å². The van der Waals surface area contributed by atoms with Gasteiger partial charge in [-0.3, -0.25) is 4.79 Å². The lowest BCUT2D eigenvalue weighted by Gasteiger charge is -2.08. The van der Waals surface area contributed by atoms with Gasteiger partial charge in [-0.05, 0) is 42.0 Å². The number of halogens is 1. The molecule has 7 heteroatoms. The monoisotopic (exact) mass is 425 g/mol. The highest BCUT2D eigenvalue weighted by Gasteiger charge is 2.11. The van der Waals surface area contributed by atoms with E-state index in [1.165, 1.54) is 6.08 Å². The van der Waals surface area contributed by atoms with Crippen molar-refractivity contribution < 1.29 is 14.3 Å². The zero-order valence-corrected chi connectivity index (χ0v) is 16.1. The van der Waals surface area contributed by atoms with Crippen molar-refractivity contribution in [2.24, 2.45) is 0 Å². The van der Waals surface area contributed by atoms with Gasteiger partial charge in [0.1, 0.15) is 29.2 Å². The number of rotatable bonds is 7. The molecule has 0 atom stereocenters. The van der Waals surface area contributed by atoms with Crippen molar-refractivity contribution in [2.75, 3.05) is 13.7 Å². The second-order valence-corrected chi connectivity index (χ2v) is 6.25. The summed E-state index contributed by atoms with van der Waals surface area (Å²) in [6.07, 6.45) is 1.43. The fraction of sp³-hybridized carbons (Fsp3) is 0.150. The van der Waals surface area contributed by atoms with Gasteiger partial charge in [-0.25, -0.2) is 0 Å². The van der Waals surface area contributed by atoms with E-state index in [1.807, 2.05) is 24.3 Å². The molecule has 0 saturated carbocycles. The van der Waals surface area contributed by atoms with E-state index >= 15 is 0 Å². The first kappa shape index (κ1) is 20.0. The van der Waals surface area contributed by atoms with Crippen molar-refractivity contribution in [3.8, 4) is 23.6 Å². The van der Waals surface area contributed by atoms with Crippen LogP contribution in [0.3, 0.4) is 0 Å². The molecule has 1 amide bonds. The molecule has 2 rings (SSSR count). The minimum Gasteiger partial charge on any atom is -0.497 e. The van der Waals surface area contributed by atoms with Crippen molar-refractivity contribution in [1.82, 2.24) is 5.32 Å². The van der Waals surface area contributed by atoms with Gasteiger partial charge in [0.05, 0.1) is 7.11 Å². The van der Waals surface area contributed by atoms with Gasteiger partial charge in [-0.2, -0.15) is 10.5 Å². The Labute approximate surface area is 165 Å². The number of carbonyl (C=O) groups is 1. The van der Waals surface area contributed by atoms with Gasteiger partial charge in [-0.15, -0.1) is 0 Å². The Morgan fingerprint density at radius 1 is 1.22 bits per heavy atom. The average molecular weight is 426 g/mol. The molecular weight excluding hydrogens is 410 g/mol. The maximum atomic E-state index is 12.4. The lowest BCUT2D eigenvalue weighted by molar-refractivity contribution is -0.117. The molecule has 2 aromatic carbocycles. The number of ether oxygens (including phenoxy) is 2. The largest absolute Gasteiger partial charge is 0.497 e. The van der Waals surface area contributed by atoms with Crippen molar-refractivity contribution in [3.05, 3.63) is 63.6 Å². The molecule has 6 nitrogen and oxygen atoms in total. The maximum Gasteiger partial charge on any atom is 0.262 e. The molecule has 0 bridgehead atoms. The fourth-order valence-electron chi connectivity index (χ4n) is 2.20. The van der Waals surface area contributed by atoms with Crippen molar-refractivity contribution in [2.45, 2.75) is 6.54 Å². The first-order valence-corrected chi connectivity index (χ1v) is 8.69. The summed E-state index contributed by atoms with van der Waals surface area (Å²) in [6.45, 7) is 0.145. The molecule has 0 unspecified atom stereocenters. The molecule has 2 aromatic rings. The van der Waals surface area contributed by atoms with E-state index in [0.717, 1.165) is 15.8 Å². The number of methoxy groups -OCH3 is 1. The number of hydrogen-bond acceptors (Lipinski definition) is 5. The summed E-state index contributed by atoms with van der Waals surface area (Å²) in [5, 5.41) is 20.7. The fourth-order valence-corrected chi connectivity index (χ4v) is 2.58. The predicted molar refractivity (Wildman–Crippen MR) is 104 cm³/mol. The van der Waals surface area contributed by atoms with E-state index in [9.17, 15) is 10.1 Å². The standard InChI is InChI=1S/C20H16BrN3O3/c1-26-18-5-2-14(3-6-18)13-24-20(25)16(12-23)10-15-11-17(21)4-7-19(15)27-9-8-22/h2-7,10-11H,9,13H2,1H3,(H,24,25)/b16-10-. The van der Waals surface area contributed by atoms with Gasteiger partial charge in [0.15, 0.2) is 6.61 Å². The molecule has 0 aliphatic rings. The van der Waals surface area contributed by atoms with E-state index in [0.29, 0.717) is 11.3 Å². The second kappa shape index (κ2) is 10.0. The topological polar surface area (TPSA) is 95.1 Å². The van der Waals surface area contributed by atoms with Gasteiger partial charge < -0.3 is 14.8 Å². The first-order valence-electron chi connectivity index (χ1n) is 7.89. The Morgan fingerprint density at radius 3 is 2.59 bits per heavy atom. The van der Waals surface area contributed by atoms with Crippen LogP contribution in [0.5, 0.6) is 11.5 Å². The summed E-state index contributed by atoms with van der Waals surface area (Å²) < 4.78 is 11.2. The summed E-state index contributed by atoms with van der Waals surface area (Å²) >= 11 is 3.34. The number of nitrogens with one attached hydrogen (secondary N) is 1. The Hall–Kier alpha value is -3.29. The van der Waals surface area contributed by atoms with Gasteiger partial charge in [-0.1, -0.05) is 28.1 Å². The normalized spacial score (nSPS) is 10.4. The van der Waals surface area contributed by atoms with Crippen LogP contribution in [-0.2, 0) is 11.3 Å². The van der Waals surface area contributed by atoms with E-state index in [1.54, 1.807) is 37.4 Å². The summed E-state index contributed by atoms with van der Waals surface area (Å²) in [6, 6.07) is 16.2. The van der Waals surface area contributed by atoms with E-state index in [2.05, 4.69) is 21.2 Å². The van der Waals surface area contributed by atoms with Crippen molar-refractivity contribution in [1.29, 1.82) is 10.5 Å². The van der Waals surface area contributed by atoms with Crippen LogP contribution >= 0.6 is 15.9 Å². The molecule has 0 saturated heterocycles. The minimum absolute atomic E-state index is 0.0663. The molecule has 1 N–H and O–H groups in total. The van der Waals surface area contributed by atoms with Crippen LogP contribution in [0.1, 0.15) is 11.1 Å². The highest BCUT2D eigenvalue weighted by molar-refractivity contribution is 9.10. The highest BCUT2D eigenvalue weighted by atomic mass is 79.9. The summed E-state index contributed by atoms with van der Waals surface area (Å²) in [4.78, 5) is 12.4. The molecule has 0 aliphatic heterocycles. The first-order chi connectivity index (χ1) is 13.1. The van der Waals surface area contributed by atoms with Gasteiger partial charge in [0, 0.05) is 16.6 Å². The van der Waals surface area contributed by atoms with Gasteiger partial charge in [0.2, 0.25) is 0 Å². The number of nitriles is 2. The van der Waals surface area contributed by atoms with Crippen molar-refractivity contribution in [3.63, 3.8) is 0 Å². The molecule has 136 valence electrons. The molecule has 0 radical (unpaired) electrons. The summed E-state index contributed by atoms with van der Waals surface area (Å²) in [5.41, 5.74) is 1.33. The molecule has 0 heterocycles. The molecule has 0 spiro atoms. The third-order valence-electron chi connectivity index (χ3n) is 3.54. The van der Waals surface area contributed by atoms with Crippen molar-refractivity contribution >= 4 is 27.9 Å². The van der Waals surface area contributed by atoms with Crippen LogP contribution in [0.15, 0.2) is 52.5 Å². The lowest BCUT2D eigenvalue weighted by Crippen LogP contribution is -2.23. The van der Waals surface area contributed by atoms with Gasteiger partial charge >= 0.3 is 0 Å². The number of nitrogens with zero attached hydrogens (tertiary/aromatic N) is 2. The van der Waals surface area contributed by atoms with Gasteiger partial charge in [0.25, 0.3) is 5.91 Å². The number of amides is 1. The predicted octanol–water partition coefficient (Wildman–Crippen LogP) is 3.58. The molecule has 0 aromatic heterocycles. The molecular formula is C20H16BrN3O3. The Kier molecular flexibility index (Phi) is 7.42. The third-order valence-corrected chi connectivity index (χ3v) is 4.03. The number of hydrogen-bond donors (Lipinski definition) is 1. The Balaban J connectivity index is 2.15. The zero-order valence-electron chi connectivity index (χ0n) is 14.5. The third kappa shape index (κ3) is 5.88. The van der Waals surface area contributed by atoms with Crippen LogP contribution < -0.4 is 14.8 Å². The minimum atomic E-state index is -0.500. The molecule has 0 fully saturated rings. The number of benzene rings is 2. The average Bonchev–Trinajstić information content (AvgIpc) is 2.69. The smallest absolute Gasteiger partial charge is 0.262 e. The quantitative estimate of drug-likeness (QED) is 0.540. The zero-order chi connectivity index (χ0) is 19.6. The SMILES string of the molecule is COc1ccc(CNC(=O)/C(C#N)=C\c2cc(Br)ccc2OCC#N)cc1. The summed E-state index contributed by atoms with van der Waals surface area (Å²) in [5.74, 6) is 0.636. The highest BCUT2D eigenvalue weighted by Crippen LogP contribution is 2.25. The van der Waals surface area contributed by atoms with E-state index < -0.39 is 5.91 Å².